The Hall–Kier alpha value is -1.39. The molecule has 0 aliphatic carbocycles. The number of allylic oxidation sites excluding steroid dienone is 3. The number of hydrogen-bond donors (Lipinski definition) is 2. The van der Waals surface area contributed by atoms with Gasteiger partial charge in [-0.2, -0.15) is 0 Å². The number of benzene rings is 1. The first-order valence-electron chi connectivity index (χ1n) is 7.32. The van der Waals surface area contributed by atoms with Crippen molar-refractivity contribution in [3.63, 3.8) is 0 Å². The summed E-state index contributed by atoms with van der Waals surface area (Å²) >= 11 is -0.988. The minimum atomic E-state index is -0.988. The zero-order valence-electron chi connectivity index (χ0n) is 12.5. The van der Waals surface area contributed by atoms with Gasteiger partial charge in [0.05, 0.1) is 0 Å². The summed E-state index contributed by atoms with van der Waals surface area (Å²) < 4.78 is 3.02. The van der Waals surface area contributed by atoms with Gasteiger partial charge < -0.3 is 0 Å². The topological polar surface area (TPSA) is 65.2 Å². The van der Waals surface area contributed by atoms with E-state index in [1.165, 1.54) is 8.01 Å². The summed E-state index contributed by atoms with van der Waals surface area (Å²) in [5, 5.41) is 20.1. The van der Waals surface area contributed by atoms with Gasteiger partial charge in [-0.15, -0.1) is 0 Å². The maximum absolute atomic E-state index is 10.2. The van der Waals surface area contributed by atoms with Crippen LogP contribution in [0.3, 0.4) is 0 Å². The van der Waals surface area contributed by atoms with Crippen LogP contribution >= 0.6 is 0 Å². The third-order valence-corrected chi connectivity index (χ3v) is 8.45. The average Bonchev–Trinajstić information content (AvgIpc) is 3.01. The Morgan fingerprint density at radius 3 is 2.68 bits per heavy atom. The summed E-state index contributed by atoms with van der Waals surface area (Å²) in [6, 6.07) is 3.22. The minimum absolute atomic E-state index is 0.191. The summed E-state index contributed by atoms with van der Waals surface area (Å²) in [6.45, 7) is 3.86. The summed E-state index contributed by atoms with van der Waals surface area (Å²) in [7, 11) is 0. The SMILES string of the molecule is CC1=NC2=[C](C1)[Y]=[C]1CC(c3cc(O)c(C)cc3O)=NC1=C2. The molecule has 3 aliphatic heterocycles. The van der Waals surface area contributed by atoms with Crippen LogP contribution in [0.1, 0.15) is 30.9 Å². The fraction of sp³-hybridized carbons (Fsp3) is 0.235. The summed E-state index contributed by atoms with van der Waals surface area (Å²) in [5.74, 6) is 0.392. The molecule has 0 unspecified atom stereocenters. The van der Waals surface area contributed by atoms with Crippen molar-refractivity contribution < 1.29 is 38.9 Å². The van der Waals surface area contributed by atoms with Crippen LogP contribution in [-0.2, 0) is 28.7 Å². The van der Waals surface area contributed by atoms with E-state index < -0.39 is 28.7 Å². The monoisotopic (exact) mass is 368 g/mol. The number of phenols is 2. The molecule has 0 bridgehead atoms. The molecule has 0 fully saturated rings. The zero-order chi connectivity index (χ0) is 15.4. The third kappa shape index (κ3) is 2.25. The van der Waals surface area contributed by atoms with E-state index in [9.17, 15) is 10.2 Å². The Morgan fingerprint density at radius 2 is 1.86 bits per heavy atom. The van der Waals surface area contributed by atoms with Gasteiger partial charge in [0, 0.05) is 0 Å². The third-order valence-electron chi connectivity index (χ3n) is 4.28. The van der Waals surface area contributed by atoms with Gasteiger partial charge in [0.15, 0.2) is 0 Å². The quantitative estimate of drug-likeness (QED) is 0.749. The van der Waals surface area contributed by atoms with E-state index in [0.717, 1.165) is 29.9 Å². The summed E-state index contributed by atoms with van der Waals surface area (Å²) in [6.07, 6.45) is 3.93. The Morgan fingerprint density at radius 1 is 1.05 bits per heavy atom. The summed E-state index contributed by atoms with van der Waals surface area (Å²) in [5.41, 5.74) is 5.58. The molecular formula is C17H15N2O2Y. The molecule has 4 nitrogen and oxygen atoms in total. The molecule has 0 saturated heterocycles. The van der Waals surface area contributed by atoms with Crippen molar-refractivity contribution in [2.75, 3.05) is 0 Å². The van der Waals surface area contributed by atoms with Gasteiger partial charge >= 0.3 is 144 Å². The molecule has 1 aromatic rings. The van der Waals surface area contributed by atoms with Crippen LogP contribution in [0.25, 0.3) is 0 Å². The van der Waals surface area contributed by atoms with E-state index in [4.69, 9.17) is 4.99 Å². The van der Waals surface area contributed by atoms with Crippen molar-refractivity contribution in [3.8, 4) is 11.5 Å². The first-order valence-corrected chi connectivity index (χ1v) is 10.2. The normalized spacial score (nSPS) is 19.0. The van der Waals surface area contributed by atoms with Crippen molar-refractivity contribution in [1.82, 2.24) is 0 Å². The van der Waals surface area contributed by atoms with Crippen LogP contribution in [0.15, 0.2) is 42.0 Å². The second-order valence-corrected chi connectivity index (χ2v) is 10.2. The van der Waals surface area contributed by atoms with E-state index in [1.54, 1.807) is 21.4 Å². The van der Waals surface area contributed by atoms with Gasteiger partial charge in [-0.05, 0) is 0 Å². The van der Waals surface area contributed by atoms with E-state index >= 15 is 0 Å². The molecule has 0 saturated carbocycles. The molecule has 3 heterocycles. The van der Waals surface area contributed by atoms with Gasteiger partial charge in [0.25, 0.3) is 0 Å². The van der Waals surface area contributed by atoms with E-state index in [-0.39, 0.29) is 11.5 Å². The molecule has 5 heteroatoms. The Labute approximate surface area is 143 Å². The average molecular weight is 368 g/mol. The predicted octanol–water partition coefficient (Wildman–Crippen LogP) is 2.83. The first kappa shape index (κ1) is 14.2. The Balaban J connectivity index is 1.75. The van der Waals surface area contributed by atoms with Crippen LogP contribution in [0.4, 0.5) is 0 Å². The van der Waals surface area contributed by atoms with Crippen LogP contribution < -0.4 is 0 Å². The molecule has 4 rings (SSSR count). The number of phenolic OH excluding ortho intramolecular Hbond substituents is 2. The van der Waals surface area contributed by atoms with Crippen LogP contribution in [0.2, 0.25) is 0 Å². The van der Waals surface area contributed by atoms with Gasteiger partial charge in [-0.3, -0.25) is 0 Å². The predicted molar refractivity (Wildman–Crippen MR) is 83.5 cm³/mol. The molecular weight excluding hydrogens is 353 g/mol. The van der Waals surface area contributed by atoms with Crippen molar-refractivity contribution in [2.45, 2.75) is 26.7 Å². The number of aromatic hydroxyl groups is 2. The van der Waals surface area contributed by atoms with E-state index in [0.29, 0.717) is 11.1 Å². The van der Waals surface area contributed by atoms with Gasteiger partial charge in [-0.25, -0.2) is 0 Å². The van der Waals surface area contributed by atoms with Crippen molar-refractivity contribution >= 4 is 13.7 Å². The second-order valence-electron chi connectivity index (χ2n) is 6.02. The Bertz CT molecular complexity index is 873. The van der Waals surface area contributed by atoms with Gasteiger partial charge in [0.2, 0.25) is 0 Å². The van der Waals surface area contributed by atoms with Crippen LogP contribution in [0, 0.1) is 6.92 Å². The van der Waals surface area contributed by atoms with E-state index in [1.807, 2.05) is 0 Å². The molecule has 0 spiro atoms. The summed E-state index contributed by atoms with van der Waals surface area (Å²) in [4.78, 5) is 9.32. The number of nitrogens with zero attached hydrogens (tertiary/aromatic N) is 2. The number of hydrogen-bond acceptors (Lipinski definition) is 4. The molecule has 0 atom stereocenters. The molecule has 0 radical (unpaired) electrons. The van der Waals surface area contributed by atoms with E-state index in [2.05, 4.69) is 18.0 Å². The maximum atomic E-state index is 10.2. The van der Waals surface area contributed by atoms with Gasteiger partial charge in [-0.1, -0.05) is 0 Å². The standard InChI is InChI=1S/C17H15N2O2.Y/c1-10-7-17(21)14(9-16(10)20)15-6-5-13(19-15)8-12-4-3-11(2)18-12;/h7-9,20-21H,3,6H2,1-2H3;. The zero-order valence-corrected chi connectivity index (χ0v) is 15.4. The van der Waals surface area contributed by atoms with Crippen molar-refractivity contribution in [1.29, 1.82) is 0 Å². The van der Waals surface area contributed by atoms with Crippen LogP contribution in [-0.4, -0.2) is 23.9 Å². The van der Waals surface area contributed by atoms with Crippen molar-refractivity contribution in [2.24, 2.45) is 9.98 Å². The Kier molecular flexibility index (Phi) is 3.28. The molecule has 2 N–H and O–H groups in total. The number of fused-ring (bicyclic) bond motifs is 1. The molecule has 0 amide bonds. The molecule has 3 aliphatic rings. The van der Waals surface area contributed by atoms with Crippen LogP contribution in [0.5, 0.6) is 11.5 Å². The number of aryl methyl sites for hydroxylation is 1. The second kappa shape index (κ2) is 5.07. The molecule has 1 aromatic carbocycles. The molecule has 0 aromatic heterocycles. The first-order chi connectivity index (χ1) is 10.5. The van der Waals surface area contributed by atoms with Crippen molar-refractivity contribution in [3.05, 3.63) is 43.1 Å². The molecule has 22 heavy (non-hydrogen) atoms. The van der Waals surface area contributed by atoms with Gasteiger partial charge in [0.1, 0.15) is 0 Å². The number of aliphatic imine (C=N–C) groups is 2. The fourth-order valence-corrected chi connectivity index (χ4v) is 7.31. The number of rotatable bonds is 1. The molecule has 108 valence electrons. The fourth-order valence-electron chi connectivity index (χ4n) is 3.12.